The predicted molar refractivity (Wildman–Crippen MR) is 79.9 cm³/mol. The van der Waals surface area contributed by atoms with Gasteiger partial charge in [0.05, 0.1) is 7.11 Å². The Hall–Kier alpha value is -2.43. The predicted octanol–water partition coefficient (Wildman–Crippen LogP) is 2.31. The third-order valence-corrected chi connectivity index (χ3v) is 3.21. The van der Waals surface area contributed by atoms with Crippen molar-refractivity contribution in [3.05, 3.63) is 42.2 Å². The van der Waals surface area contributed by atoms with Gasteiger partial charge in [-0.2, -0.15) is 0 Å². The van der Waals surface area contributed by atoms with Crippen LogP contribution in [0.5, 0.6) is 0 Å². The number of carbonyl (C=O) groups is 2. The van der Waals surface area contributed by atoms with Crippen LogP contribution in [0.4, 0.5) is 0 Å². The van der Waals surface area contributed by atoms with Crippen molar-refractivity contribution in [3.63, 3.8) is 0 Å². The average Bonchev–Trinajstić information content (AvgIpc) is 2.53. The fourth-order valence-corrected chi connectivity index (χ4v) is 2.08. The lowest BCUT2D eigenvalue weighted by Gasteiger charge is -2.07. The third kappa shape index (κ3) is 4.02. The molecule has 0 unspecified atom stereocenters. The third-order valence-electron chi connectivity index (χ3n) is 3.21. The van der Waals surface area contributed by atoms with Crippen molar-refractivity contribution < 1.29 is 14.3 Å². The number of aromatic nitrogens is 1. The second-order valence-corrected chi connectivity index (χ2v) is 4.67. The van der Waals surface area contributed by atoms with Crippen molar-refractivity contribution in [2.45, 2.75) is 19.3 Å². The molecule has 0 radical (unpaired) electrons. The summed E-state index contributed by atoms with van der Waals surface area (Å²) in [5.74, 6) is -0.415. The summed E-state index contributed by atoms with van der Waals surface area (Å²) in [6, 6.07) is 9.52. The molecule has 5 heteroatoms. The topological polar surface area (TPSA) is 68.3 Å². The molecule has 5 nitrogen and oxygen atoms in total. The van der Waals surface area contributed by atoms with Crippen molar-refractivity contribution in [2.24, 2.45) is 0 Å². The molecule has 0 saturated carbocycles. The smallest absolute Gasteiger partial charge is 0.305 e. The number of hydrogen-bond acceptors (Lipinski definition) is 4. The zero-order chi connectivity index (χ0) is 15.1. The molecule has 2 rings (SSSR count). The van der Waals surface area contributed by atoms with Crippen molar-refractivity contribution in [2.75, 3.05) is 13.7 Å². The van der Waals surface area contributed by atoms with E-state index in [4.69, 9.17) is 0 Å². The summed E-state index contributed by atoms with van der Waals surface area (Å²) >= 11 is 0. The number of rotatable bonds is 6. The van der Waals surface area contributed by atoms with Gasteiger partial charge in [0.15, 0.2) is 0 Å². The van der Waals surface area contributed by atoms with Gasteiger partial charge in [-0.15, -0.1) is 0 Å². The molecule has 0 aliphatic carbocycles. The zero-order valence-corrected chi connectivity index (χ0v) is 12.0. The van der Waals surface area contributed by atoms with Crippen LogP contribution in [0.2, 0.25) is 0 Å². The van der Waals surface area contributed by atoms with E-state index < -0.39 is 0 Å². The van der Waals surface area contributed by atoms with E-state index in [1.165, 1.54) is 7.11 Å². The maximum Gasteiger partial charge on any atom is 0.305 e. The van der Waals surface area contributed by atoms with Crippen molar-refractivity contribution in [1.29, 1.82) is 0 Å². The number of amides is 1. The number of nitrogens with zero attached hydrogens (tertiary/aromatic N) is 1. The first kappa shape index (κ1) is 15.0. The van der Waals surface area contributed by atoms with E-state index in [9.17, 15) is 9.59 Å². The van der Waals surface area contributed by atoms with Gasteiger partial charge >= 0.3 is 5.97 Å². The monoisotopic (exact) mass is 286 g/mol. The minimum Gasteiger partial charge on any atom is -0.469 e. The molecule has 0 aliphatic heterocycles. The molecule has 0 saturated heterocycles. The van der Waals surface area contributed by atoms with Crippen LogP contribution in [0, 0.1) is 0 Å². The van der Waals surface area contributed by atoms with E-state index in [0.29, 0.717) is 25.1 Å². The highest BCUT2D eigenvalue weighted by molar-refractivity contribution is 6.05. The van der Waals surface area contributed by atoms with Gasteiger partial charge in [0, 0.05) is 24.5 Å². The molecular formula is C16H18N2O3. The maximum absolute atomic E-state index is 12.1. The van der Waals surface area contributed by atoms with Gasteiger partial charge in [-0.25, -0.2) is 0 Å². The number of unbranched alkanes of at least 4 members (excludes halogenated alkanes) is 1. The summed E-state index contributed by atoms with van der Waals surface area (Å²) < 4.78 is 4.56. The highest BCUT2D eigenvalue weighted by Crippen LogP contribution is 2.16. The SMILES string of the molecule is COC(=O)CCCCNC(=O)c1nccc2ccccc12. The first-order valence-corrected chi connectivity index (χ1v) is 6.91. The molecule has 1 amide bonds. The fraction of sp³-hybridized carbons (Fsp3) is 0.312. The Kier molecular flexibility index (Phi) is 5.26. The van der Waals surface area contributed by atoms with E-state index in [1.54, 1.807) is 6.20 Å². The summed E-state index contributed by atoms with van der Waals surface area (Å²) in [6.07, 6.45) is 3.43. The largest absolute Gasteiger partial charge is 0.469 e. The number of benzene rings is 1. The molecule has 0 fully saturated rings. The average molecular weight is 286 g/mol. The molecule has 0 atom stereocenters. The van der Waals surface area contributed by atoms with Gasteiger partial charge in [-0.1, -0.05) is 24.3 Å². The molecule has 1 aromatic heterocycles. The molecule has 1 N–H and O–H groups in total. The normalized spacial score (nSPS) is 10.3. The molecule has 0 bridgehead atoms. The van der Waals surface area contributed by atoms with Gasteiger partial charge in [0.2, 0.25) is 0 Å². The summed E-state index contributed by atoms with van der Waals surface area (Å²) in [5.41, 5.74) is 0.432. The highest BCUT2D eigenvalue weighted by atomic mass is 16.5. The lowest BCUT2D eigenvalue weighted by atomic mass is 10.1. The van der Waals surface area contributed by atoms with Crippen molar-refractivity contribution in [3.8, 4) is 0 Å². The van der Waals surface area contributed by atoms with E-state index in [2.05, 4.69) is 15.0 Å². The van der Waals surface area contributed by atoms with Gasteiger partial charge in [0.25, 0.3) is 5.91 Å². The molecule has 0 spiro atoms. The van der Waals surface area contributed by atoms with Crippen LogP contribution in [-0.4, -0.2) is 30.5 Å². The number of ether oxygens (including phenoxy) is 1. The molecule has 2 aromatic rings. The quantitative estimate of drug-likeness (QED) is 0.653. The van der Waals surface area contributed by atoms with Crippen LogP contribution in [-0.2, 0) is 9.53 Å². The number of nitrogens with one attached hydrogen (secondary N) is 1. The minimum absolute atomic E-state index is 0.190. The van der Waals surface area contributed by atoms with Gasteiger partial charge in [-0.05, 0) is 24.3 Å². The van der Waals surface area contributed by atoms with Crippen molar-refractivity contribution in [1.82, 2.24) is 10.3 Å². The first-order valence-electron chi connectivity index (χ1n) is 6.91. The lowest BCUT2D eigenvalue weighted by Crippen LogP contribution is -2.25. The molecule has 110 valence electrons. The number of methoxy groups -OCH3 is 1. The first-order chi connectivity index (χ1) is 10.2. The van der Waals surface area contributed by atoms with Crippen LogP contribution in [0.1, 0.15) is 29.8 Å². The standard InChI is InChI=1S/C16H18N2O3/c1-21-14(19)8-4-5-10-18-16(20)15-13-7-3-2-6-12(13)9-11-17-15/h2-3,6-7,9,11H,4-5,8,10H2,1H3,(H,18,20). The summed E-state index contributed by atoms with van der Waals surface area (Å²) in [6.45, 7) is 0.515. The Labute approximate surface area is 123 Å². The zero-order valence-electron chi connectivity index (χ0n) is 12.0. The number of hydrogen-bond donors (Lipinski definition) is 1. The van der Waals surface area contributed by atoms with Crippen LogP contribution in [0.25, 0.3) is 10.8 Å². The fourth-order valence-electron chi connectivity index (χ4n) is 2.08. The van der Waals surface area contributed by atoms with E-state index >= 15 is 0 Å². The maximum atomic E-state index is 12.1. The van der Waals surface area contributed by atoms with Crippen LogP contribution >= 0.6 is 0 Å². The second kappa shape index (κ2) is 7.38. The Morgan fingerprint density at radius 2 is 2.00 bits per heavy atom. The van der Waals surface area contributed by atoms with Crippen LogP contribution in [0.15, 0.2) is 36.5 Å². The number of fused-ring (bicyclic) bond motifs is 1. The van der Waals surface area contributed by atoms with E-state index in [0.717, 1.165) is 17.2 Å². The van der Waals surface area contributed by atoms with Gasteiger partial charge < -0.3 is 10.1 Å². The Bertz CT molecular complexity index is 635. The number of carbonyl (C=O) groups excluding carboxylic acids is 2. The molecule has 0 aliphatic rings. The Balaban J connectivity index is 1.89. The van der Waals surface area contributed by atoms with Crippen LogP contribution in [0.3, 0.4) is 0 Å². The highest BCUT2D eigenvalue weighted by Gasteiger charge is 2.10. The molecule has 21 heavy (non-hydrogen) atoms. The summed E-state index contributed by atoms with van der Waals surface area (Å²) in [4.78, 5) is 27.3. The minimum atomic E-state index is -0.225. The second-order valence-electron chi connectivity index (χ2n) is 4.67. The van der Waals surface area contributed by atoms with E-state index in [1.807, 2.05) is 30.3 Å². The summed E-state index contributed by atoms with van der Waals surface area (Å²) in [5, 5.41) is 4.66. The number of pyridine rings is 1. The number of esters is 1. The van der Waals surface area contributed by atoms with Gasteiger partial charge in [-0.3, -0.25) is 14.6 Å². The molecule has 1 heterocycles. The van der Waals surface area contributed by atoms with Gasteiger partial charge in [0.1, 0.15) is 5.69 Å². The van der Waals surface area contributed by atoms with Crippen LogP contribution < -0.4 is 5.32 Å². The van der Waals surface area contributed by atoms with E-state index in [-0.39, 0.29) is 11.9 Å². The molecular weight excluding hydrogens is 268 g/mol. The molecule has 1 aromatic carbocycles. The lowest BCUT2D eigenvalue weighted by molar-refractivity contribution is -0.140. The Morgan fingerprint density at radius 1 is 1.19 bits per heavy atom. The Morgan fingerprint density at radius 3 is 2.81 bits per heavy atom. The van der Waals surface area contributed by atoms with Crippen molar-refractivity contribution >= 4 is 22.6 Å². The summed E-state index contributed by atoms with van der Waals surface area (Å²) in [7, 11) is 1.37.